The Kier molecular flexibility index (Phi) is 3.53. The van der Waals surface area contributed by atoms with Gasteiger partial charge < -0.3 is 4.57 Å². The summed E-state index contributed by atoms with van der Waals surface area (Å²) >= 11 is 6.09. The lowest BCUT2D eigenvalue weighted by atomic mass is 9.75. The van der Waals surface area contributed by atoms with Gasteiger partial charge >= 0.3 is 0 Å². The maximum atomic E-state index is 6.09. The third-order valence-corrected chi connectivity index (χ3v) is 3.98. The Morgan fingerprint density at radius 3 is 2.56 bits per heavy atom. The Morgan fingerprint density at radius 2 is 1.94 bits per heavy atom. The van der Waals surface area contributed by atoms with Crippen molar-refractivity contribution in [1.29, 1.82) is 0 Å². The molecule has 1 saturated carbocycles. The smallest absolute Gasteiger partial charge is 0.225 e. The largest absolute Gasteiger partial charge is 0.301 e. The summed E-state index contributed by atoms with van der Waals surface area (Å²) in [5, 5.41) is 8.62. The van der Waals surface area contributed by atoms with Crippen LogP contribution in [0.25, 0.3) is 0 Å². The van der Waals surface area contributed by atoms with E-state index < -0.39 is 0 Å². The van der Waals surface area contributed by atoms with Crippen LogP contribution in [-0.4, -0.2) is 14.8 Å². The molecule has 3 nitrogen and oxygen atoms in total. The van der Waals surface area contributed by atoms with Crippen molar-refractivity contribution >= 4 is 11.6 Å². The third-order valence-electron chi connectivity index (χ3n) is 3.70. The summed E-state index contributed by atoms with van der Waals surface area (Å²) in [6.07, 6.45) is 7.56. The van der Waals surface area contributed by atoms with Gasteiger partial charge in [-0.05, 0) is 29.9 Å². The second-order valence-electron chi connectivity index (χ2n) is 5.20. The van der Waals surface area contributed by atoms with Gasteiger partial charge in [0, 0.05) is 13.0 Å². The van der Waals surface area contributed by atoms with E-state index in [2.05, 4.69) is 28.6 Å². The highest BCUT2D eigenvalue weighted by Crippen LogP contribution is 2.37. The quantitative estimate of drug-likeness (QED) is 0.812. The van der Waals surface area contributed by atoms with Gasteiger partial charge in [-0.1, -0.05) is 33.1 Å². The van der Waals surface area contributed by atoms with Crippen LogP contribution in [0.15, 0.2) is 0 Å². The lowest BCUT2D eigenvalue weighted by Gasteiger charge is -2.34. The Labute approximate surface area is 102 Å². The average molecular weight is 242 g/mol. The minimum Gasteiger partial charge on any atom is -0.301 e. The molecule has 0 bridgehead atoms. The third kappa shape index (κ3) is 2.40. The van der Waals surface area contributed by atoms with Gasteiger partial charge in [-0.2, -0.15) is 0 Å². The highest BCUT2D eigenvalue weighted by molar-refractivity contribution is 6.28. The number of aromatic nitrogens is 3. The Morgan fingerprint density at radius 1 is 1.25 bits per heavy atom. The fourth-order valence-corrected chi connectivity index (χ4v) is 2.87. The minimum atomic E-state index is 0.383. The Bertz CT molecular complexity index is 353. The molecule has 0 aliphatic heterocycles. The fraction of sp³-hybridized carbons (Fsp3) is 0.833. The van der Waals surface area contributed by atoms with E-state index in [0.717, 1.165) is 18.8 Å². The van der Waals surface area contributed by atoms with Crippen LogP contribution in [0, 0.1) is 5.41 Å². The van der Waals surface area contributed by atoms with E-state index in [1.165, 1.54) is 32.1 Å². The van der Waals surface area contributed by atoms with Gasteiger partial charge in [0.15, 0.2) is 0 Å². The van der Waals surface area contributed by atoms with Crippen molar-refractivity contribution < 1.29 is 0 Å². The first-order chi connectivity index (χ1) is 7.64. The SMILES string of the molecule is CCc1nnc(Cl)n1CC1(C)CCCCC1. The Hall–Kier alpha value is -0.570. The predicted octanol–water partition coefficient (Wildman–Crippen LogP) is 3.46. The maximum Gasteiger partial charge on any atom is 0.225 e. The van der Waals surface area contributed by atoms with Crippen molar-refractivity contribution in [2.24, 2.45) is 5.41 Å². The summed E-state index contributed by atoms with van der Waals surface area (Å²) in [6, 6.07) is 0. The summed E-state index contributed by atoms with van der Waals surface area (Å²) in [5.74, 6) is 1.01. The van der Waals surface area contributed by atoms with Crippen LogP contribution in [0.4, 0.5) is 0 Å². The van der Waals surface area contributed by atoms with Gasteiger partial charge in [0.25, 0.3) is 0 Å². The lowest BCUT2D eigenvalue weighted by molar-refractivity contribution is 0.181. The number of halogens is 1. The standard InChI is InChI=1S/C12H20ClN3/c1-3-10-14-15-11(13)16(10)9-12(2)7-5-4-6-8-12/h3-9H2,1-2H3. The van der Waals surface area contributed by atoms with Gasteiger partial charge in [0.1, 0.15) is 5.82 Å². The molecule has 1 aliphatic carbocycles. The second-order valence-corrected chi connectivity index (χ2v) is 5.53. The Balaban J connectivity index is 2.15. The van der Waals surface area contributed by atoms with Crippen molar-refractivity contribution in [3.63, 3.8) is 0 Å². The highest BCUT2D eigenvalue weighted by atomic mass is 35.5. The zero-order valence-corrected chi connectivity index (χ0v) is 10.9. The molecular formula is C12H20ClN3. The molecule has 0 amide bonds. The van der Waals surface area contributed by atoms with Gasteiger partial charge in [0.2, 0.25) is 5.28 Å². The first-order valence-electron chi connectivity index (χ1n) is 6.22. The van der Waals surface area contributed by atoms with Crippen molar-refractivity contribution in [2.45, 2.75) is 58.9 Å². The average Bonchev–Trinajstić information content (AvgIpc) is 2.61. The minimum absolute atomic E-state index is 0.383. The van der Waals surface area contributed by atoms with E-state index >= 15 is 0 Å². The zero-order valence-electron chi connectivity index (χ0n) is 10.2. The molecule has 0 spiro atoms. The first kappa shape index (κ1) is 11.9. The molecule has 4 heteroatoms. The van der Waals surface area contributed by atoms with E-state index in [9.17, 15) is 0 Å². The predicted molar refractivity (Wildman–Crippen MR) is 65.6 cm³/mol. The summed E-state index contributed by atoms with van der Waals surface area (Å²) in [5.41, 5.74) is 0.383. The molecule has 1 heterocycles. The molecule has 0 aromatic carbocycles. The molecule has 1 aromatic heterocycles. The van der Waals surface area contributed by atoms with Crippen LogP contribution in [-0.2, 0) is 13.0 Å². The van der Waals surface area contributed by atoms with Crippen LogP contribution in [0.2, 0.25) is 5.28 Å². The summed E-state index contributed by atoms with van der Waals surface area (Å²) < 4.78 is 2.09. The molecule has 16 heavy (non-hydrogen) atoms. The molecule has 1 fully saturated rings. The first-order valence-corrected chi connectivity index (χ1v) is 6.60. The van der Waals surface area contributed by atoms with Crippen LogP contribution < -0.4 is 0 Å². The number of nitrogens with zero attached hydrogens (tertiary/aromatic N) is 3. The second kappa shape index (κ2) is 4.74. The molecular weight excluding hydrogens is 222 g/mol. The van der Waals surface area contributed by atoms with E-state index in [4.69, 9.17) is 11.6 Å². The van der Waals surface area contributed by atoms with Gasteiger partial charge in [0.05, 0.1) is 0 Å². The highest BCUT2D eigenvalue weighted by Gasteiger charge is 2.28. The van der Waals surface area contributed by atoms with Crippen LogP contribution in [0.3, 0.4) is 0 Å². The summed E-state index contributed by atoms with van der Waals surface area (Å²) in [6.45, 7) is 5.43. The van der Waals surface area contributed by atoms with Gasteiger partial charge in [-0.3, -0.25) is 0 Å². The molecule has 0 N–H and O–H groups in total. The molecule has 0 unspecified atom stereocenters. The molecule has 0 atom stereocenters. The van der Waals surface area contributed by atoms with Crippen molar-refractivity contribution in [2.75, 3.05) is 0 Å². The lowest BCUT2D eigenvalue weighted by Crippen LogP contribution is -2.27. The van der Waals surface area contributed by atoms with Crippen LogP contribution in [0.5, 0.6) is 0 Å². The topological polar surface area (TPSA) is 30.7 Å². The normalized spacial score (nSPS) is 19.9. The summed E-state index contributed by atoms with van der Waals surface area (Å²) in [4.78, 5) is 0. The monoisotopic (exact) mass is 241 g/mol. The van der Waals surface area contributed by atoms with Crippen molar-refractivity contribution in [3.05, 3.63) is 11.1 Å². The number of rotatable bonds is 3. The molecule has 1 aliphatic rings. The van der Waals surface area contributed by atoms with Crippen molar-refractivity contribution in [3.8, 4) is 0 Å². The fourth-order valence-electron chi connectivity index (χ4n) is 2.68. The zero-order chi connectivity index (χ0) is 11.6. The number of aryl methyl sites for hydroxylation is 1. The molecule has 1 aromatic rings. The van der Waals surface area contributed by atoms with E-state index in [1.807, 2.05) is 0 Å². The number of hydrogen-bond donors (Lipinski definition) is 0. The van der Waals surface area contributed by atoms with Gasteiger partial charge in [-0.25, -0.2) is 0 Å². The van der Waals surface area contributed by atoms with E-state index in [1.54, 1.807) is 0 Å². The van der Waals surface area contributed by atoms with E-state index in [-0.39, 0.29) is 0 Å². The molecule has 90 valence electrons. The van der Waals surface area contributed by atoms with Gasteiger partial charge in [-0.15, -0.1) is 10.2 Å². The maximum absolute atomic E-state index is 6.09. The molecule has 0 saturated heterocycles. The van der Waals surface area contributed by atoms with Crippen LogP contribution >= 0.6 is 11.6 Å². The van der Waals surface area contributed by atoms with E-state index in [0.29, 0.717) is 10.7 Å². The number of hydrogen-bond acceptors (Lipinski definition) is 2. The molecule has 0 radical (unpaired) electrons. The molecule has 2 rings (SSSR count). The summed E-state index contributed by atoms with van der Waals surface area (Å²) in [7, 11) is 0. The van der Waals surface area contributed by atoms with Crippen molar-refractivity contribution in [1.82, 2.24) is 14.8 Å². The van der Waals surface area contributed by atoms with Crippen LogP contribution in [0.1, 0.15) is 51.8 Å².